The number of hydrogen-bond acceptors (Lipinski definition) is 6. The molecule has 3 aliphatic heterocycles. The fourth-order valence-corrected chi connectivity index (χ4v) is 6.32. The first-order chi connectivity index (χ1) is 15.0. The number of rotatable bonds is 3. The maximum absolute atomic E-state index is 6.33. The highest BCUT2D eigenvalue weighted by molar-refractivity contribution is 5.92. The first kappa shape index (κ1) is 24.5. The van der Waals surface area contributed by atoms with Crippen LogP contribution in [0.5, 0.6) is 0 Å². The lowest BCUT2D eigenvalue weighted by molar-refractivity contribution is 0.0641. The Morgan fingerprint density at radius 3 is 1.21 bits per heavy atom. The summed E-state index contributed by atoms with van der Waals surface area (Å²) in [4.78, 5) is 15.2. The molecule has 33 heavy (non-hydrogen) atoms. The molecule has 6 nitrogen and oxygen atoms in total. The predicted octanol–water partition coefficient (Wildman–Crippen LogP) is 5.69. The van der Waals surface area contributed by atoms with Gasteiger partial charge in [0.1, 0.15) is 19.8 Å². The molecule has 186 valence electrons. The maximum atomic E-state index is 6.33. The normalized spacial score (nSPS) is 41.6. The van der Waals surface area contributed by atoms with Gasteiger partial charge < -0.3 is 14.2 Å². The second kappa shape index (κ2) is 7.71. The van der Waals surface area contributed by atoms with Crippen molar-refractivity contribution in [2.75, 3.05) is 19.8 Å². The Bertz CT molecular complexity index is 824. The van der Waals surface area contributed by atoms with Crippen molar-refractivity contribution in [3.05, 3.63) is 0 Å². The van der Waals surface area contributed by atoms with Gasteiger partial charge in [-0.1, -0.05) is 62.3 Å². The molecular formula is C27H45N3O3. The quantitative estimate of drug-likeness (QED) is 0.544. The summed E-state index contributed by atoms with van der Waals surface area (Å²) in [6.07, 6.45) is 2.68. The molecule has 0 bridgehead atoms. The zero-order valence-electron chi connectivity index (χ0n) is 22.5. The minimum absolute atomic E-state index is 0.0754. The molecular weight excluding hydrogens is 414 g/mol. The van der Waals surface area contributed by atoms with Gasteiger partial charge in [-0.25, -0.2) is 15.0 Å². The maximum Gasteiger partial charge on any atom is 0.189 e. The van der Waals surface area contributed by atoms with E-state index in [0.717, 1.165) is 37.0 Å². The second-order valence-electron chi connectivity index (χ2n) is 14.1. The fourth-order valence-electron chi connectivity index (χ4n) is 6.32. The van der Waals surface area contributed by atoms with Crippen LogP contribution in [0.4, 0.5) is 0 Å². The van der Waals surface area contributed by atoms with E-state index in [4.69, 9.17) is 29.2 Å². The average molecular weight is 460 g/mol. The molecule has 4 aliphatic rings. The molecule has 0 saturated heterocycles. The molecule has 0 aromatic carbocycles. The number of ether oxygens (including phenoxy) is 3. The summed E-state index contributed by atoms with van der Waals surface area (Å²) in [5, 5.41) is 0. The molecule has 4 rings (SSSR count). The highest BCUT2D eigenvalue weighted by Gasteiger charge is 2.59. The summed E-state index contributed by atoms with van der Waals surface area (Å²) >= 11 is 0. The van der Waals surface area contributed by atoms with Crippen LogP contribution in [0.25, 0.3) is 0 Å². The molecule has 1 saturated carbocycles. The van der Waals surface area contributed by atoms with E-state index in [9.17, 15) is 0 Å². The van der Waals surface area contributed by atoms with E-state index >= 15 is 0 Å². The van der Waals surface area contributed by atoms with E-state index in [1.165, 1.54) is 0 Å². The third kappa shape index (κ3) is 4.55. The summed E-state index contributed by atoms with van der Waals surface area (Å²) in [5.74, 6) is 2.65. The van der Waals surface area contributed by atoms with Crippen molar-refractivity contribution in [3.63, 3.8) is 0 Å². The van der Waals surface area contributed by atoms with Crippen LogP contribution < -0.4 is 0 Å². The van der Waals surface area contributed by atoms with E-state index in [-0.39, 0.29) is 45.2 Å². The van der Waals surface area contributed by atoms with Crippen LogP contribution in [0.15, 0.2) is 15.0 Å². The third-order valence-electron chi connectivity index (χ3n) is 7.99. The van der Waals surface area contributed by atoms with E-state index < -0.39 is 0 Å². The number of aliphatic imine (C=N–C) groups is 3. The SMILES string of the molecule is C[C@H]1COC(C2(C)C[C@](C)(C3=N[C@@H](C(C)(C)C)CO3)C[C@](C)(C3=N[C@@H](C(C)(C)C)CO3)C2)=N1. The minimum Gasteiger partial charge on any atom is -0.478 e. The molecule has 1 aliphatic carbocycles. The summed E-state index contributed by atoms with van der Waals surface area (Å²) in [6.45, 7) is 24.4. The lowest BCUT2D eigenvalue weighted by Crippen LogP contribution is -2.52. The van der Waals surface area contributed by atoms with Gasteiger partial charge in [0.2, 0.25) is 0 Å². The summed E-state index contributed by atoms with van der Waals surface area (Å²) in [6, 6.07) is 0.551. The van der Waals surface area contributed by atoms with Crippen molar-refractivity contribution < 1.29 is 14.2 Å². The Morgan fingerprint density at radius 1 is 0.606 bits per heavy atom. The lowest BCUT2D eigenvalue weighted by Gasteiger charge is -2.51. The molecule has 0 spiro atoms. The molecule has 6 atom stereocenters. The summed E-state index contributed by atoms with van der Waals surface area (Å²) < 4.78 is 18.8. The zero-order chi connectivity index (χ0) is 24.4. The second-order valence-corrected chi connectivity index (χ2v) is 14.1. The number of nitrogens with zero attached hydrogens (tertiary/aromatic N) is 3. The fraction of sp³-hybridized carbons (Fsp3) is 0.889. The first-order valence-corrected chi connectivity index (χ1v) is 12.7. The first-order valence-electron chi connectivity index (χ1n) is 12.7. The molecule has 0 aromatic heterocycles. The molecule has 0 radical (unpaired) electrons. The summed E-state index contributed by atoms with van der Waals surface area (Å²) in [5.41, 5.74) is -0.571. The van der Waals surface area contributed by atoms with Gasteiger partial charge in [-0.05, 0) is 37.0 Å². The molecule has 3 heterocycles. The van der Waals surface area contributed by atoms with E-state index in [1.54, 1.807) is 0 Å². The number of hydrogen-bond donors (Lipinski definition) is 0. The van der Waals surface area contributed by atoms with E-state index in [0.29, 0.717) is 19.8 Å². The van der Waals surface area contributed by atoms with Crippen molar-refractivity contribution in [2.45, 2.75) is 107 Å². The average Bonchev–Trinajstić information content (AvgIpc) is 3.40. The van der Waals surface area contributed by atoms with Crippen LogP contribution >= 0.6 is 0 Å². The highest BCUT2D eigenvalue weighted by Crippen LogP contribution is 2.58. The van der Waals surface area contributed by atoms with Crippen LogP contribution in [0.3, 0.4) is 0 Å². The highest BCUT2D eigenvalue weighted by atomic mass is 16.5. The molecule has 0 amide bonds. The largest absolute Gasteiger partial charge is 0.478 e. The van der Waals surface area contributed by atoms with Gasteiger partial charge in [-0.2, -0.15) is 0 Å². The van der Waals surface area contributed by atoms with Crippen LogP contribution in [0, 0.1) is 27.1 Å². The Hall–Kier alpha value is -1.59. The van der Waals surface area contributed by atoms with Crippen molar-refractivity contribution in [3.8, 4) is 0 Å². The lowest BCUT2D eigenvalue weighted by atomic mass is 9.54. The minimum atomic E-state index is -0.245. The van der Waals surface area contributed by atoms with Gasteiger partial charge in [0, 0.05) is 16.2 Å². The molecule has 1 unspecified atom stereocenters. The Kier molecular flexibility index (Phi) is 5.73. The van der Waals surface area contributed by atoms with Gasteiger partial charge in [-0.3, -0.25) is 0 Å². The summed E-state index contributed by atoms with van der Waals surface area (Å²) in [7, 11) is 0. The van der Waals surface area contributed by atoms with Gasteiger partial charge in [0.15, 0.2) is 17.7 Å². The van der Waals surface area contributed by atoms with Crippen molar-refractivity contribution in [2.24, 2.45) is 42.1 Å². The van der Waals surface area contributed by atoms with Gasteiger partial charge in [0.05, 0.1) is 18.1 Å². The van der Waals surface area contributed by atoms with Gasteiger partial charge in [0.25, 0.3) is 0 Å². The van der Waals surface area contributed by atoms with Crippen molar-refractivity contribution in [1.82, 2.24) is 0 Å². The van der Waals surface area contributed by atoms with Crippen LogP contribution in [-0.4, -0.2) is 55.6 Å². The van der Waals surface area contributed by atoms with E-state index in [1.807, 2.05) is 0 Å². The van der Waals surface area contributed by atoms with Crippen LogP contribution in [0.1, 0.15) is 88.5 Å². The Labute approximate surface area is 200 Å². The predicted molar refractivity (Wildman–Crippen MR) is 134 cm³/mol. The monoisotopic (exact) mass is 459 g/mol. The molecule has 1 fully saturated rings. The molecule has 0 N–H and O–H groups in total. The standard InChI is InChI=1S/C27H45N3O3/c1-17-11-31-20(28-17)25(8)14-26(9,21-29-18(12-32-21)23(2,3)4)16-27(10,15-25)22-30-19(13-33-22)24(5,6)7/h17-19H,11-16H2,1-10H3/t17-,18+,19+,25?,26-,27+/m0/s1. The molecule has 0 aromatic rings. The van der Waals surface area contributed by atoms with Crippen molar-refractivity contribution in [1.29, 1.82) is 0 Å². The Morgan fingerprint density at radius 2 is 0.939 bits per heavy atom. The van der Waals surface area contributed by atoms with Gasteiger partial charge in [-0.15, -0.1) is 0 Å². The zero-order valence-corrected chi connectivity index (χ0v) is 22.5. The third-order valence-corrected chi connectivity index (χ3v) is 7.99. The smallest absolute Gasteiger partial charge is 0.189 e. The Balaban J connectivity index is 1.74. The van der Waals surface area contributed by atoms with Crippen molar-refractivity contribution >= 4 is 17.7 Å². The van der Waals surface area contributed by atoms with Gasteiger partial charge >= 0.3 is 0 Å². The van der Waals surface area contributed by atoms with Crippen LogP contribution in [0.2, 0.25) is 0 Å². The van der Waals surface area contributed by atoms with E-state index in [2.05, 4.69) is 69.2 Å². The van der Waals surface area contributed by atoms with Crippen LogP contribution in [-0.2, 0) is 14.2 Å². The topological polar surface area (TPSA) is 64.8 Å². The molecule has 6 heteroatoms.